The zero-order valence-electron chi connectivity index (χ0n) is 17.1. The van der Waals surface area contributed by atoms with Crippen LogP contribution in [0.3, 0.4) is 0 Å². The predicted octanol–water partition coefficient (Wildman–Crippen LogP) is 4.33. The number of amides is 1. The van der Waals surface area contributed by atoms with Crippen molar-refractivity contribution in [1.29, 1.82) is 0 Å². The number of rotatable bonds is 5. The van der Waals surface area contributed by atoms with Crippen molar-refractivity contribution in [3.63, 3.8) is 0 Å². The molecule has 1 saturated heterocycles. The van der Waals surface area contributed by atoms with Crippen LogP contribution in [0.15, 0.2) is 63.6 Å². The molecule has 0 bridgehead atoms. The highest BCUT2D eigenvalue weighted by molar-refractivity contribution is 6.00. The van der Waals surface area contributed by atoms with E-state index in [9.17, 15) is 4.79 Å². The molecule has 1 atom stereocenters. The van der Waals surface area contributed by atoms with Gasteiger partial charge in [-0.25, -0.2) is 0 Å². The lowest BCUT2D eigenvalue weighted by Crippen LogP contribution is -2.31. The van der Waals surface area contributed by atoms with E-state index in [4.69, 9.17) is 9.05 Å². The van der Waals surface area contributed by atoms with Crippen LogP contribution in [-0.4, -0.2) is 37.6 Å². The van der Waals surface area contributed by atoms with Gasteiger partial charge in [0.05, 0.1) is 11.1 Å². The number of benzene rings is 2. The molecule has 1 aliphatic heterocycles. The average Bonchev–Trinajstić information content (AvgIpc) is 3.59. The minimum Gasteiger partial charge on any atom is -0.337 e. The zero-order valence-corrected chi connectivity index (χ0v) is 17.1. The van der Waals surface area contributed by atoms with Gasteiger partial charge in [0.2, 0.25) is 11.7 Å². The van der Waals surface area contributed by atoms with Gasteiger partial charge in [0.25, 0.3) is 11.8 Å². The fraction of sp³-hybridized carbons (Fsp3) is 0.261. The van der Waals surface area contributed by atoms with Crippen LogP contribution in [0.4, 0.5) is 0 Å². The number of likely N-dealkylation sites (tertiary alicyclic amines) is 1. The molecule has 4 aromatic rings. The summed E-state index contributed by atoms with van der Waals surface area (Å²) in [5, 5.41) is 8.08. The number of aryl methyl sites for hydroxylation is 1. The normalized spacial score (nSPS) is 16.0. The number of nitrogens with zero attached hydrogens (tertiary/aromatic N) is 5. The van der Waals surface area contributed by atoms with Crippen molar-refractivity contribution in [1.82, 2.24) is 25.2 Å². The number of aromatic nitrogens is 4. The third kappa shape index (κ3) is 3.61. The summed E-state index contributed by atoms with van der Waals surface area (Å²) in [6.07, 6.45) is 2.35. The first kappa shape index (κ1) is 19.2. The van der Waals surface area contributed by atoms with Gasteiger partial charge in [0, 0.05) is 18.5 Å². The third-order valence-corrected chi connectivity index (χ3v) is 5.44. The van der Waals surface area contributed by atoms with Gasteiger partial charge in [-0.3, -0.25) is 4.79 Å². The second-order valence-corrected chi connectivity index (χ2v) is 7.39. The van der Waals surface area contributed by atoms with Crippen molar-refractivity contribution in [2.45, 2.75) is 32.2 Å². The third-order valence-electron chi connectivity index (χ3n) is 5.44. The van der Waals surface area contributed by atoms with E-state index >= 15 is 0 Å². The Morgan fingerprint density at radius 2 is 1.84 bits per heavy atom. The van der Waals surface area contributed by atoms with Crippen LogP contribution in [0, 0.1) is 0 Å². The molecular weight excluding hydrogens is 394 g/mol. The Balaban J connectivity index is 1.46. The smallest absolute Gasteiger partial charge is 0.259 e. The molecule has 1 aliphatic rings. The Labute approximate surface area is 178 Å². The van der Waals surface area contributed by atoms with Crippen molar-refractivity contribution in [2.75, 3.05) is 6.54 Å². The SMILES string of the molecule is CCc1noc([C@@H]2CCCN2C(=O)c2ccccc2-c2nc(-c3ccccc3)no2)n1. The fourth-order valence-corrected chi connectivity index (χ4v) is 3.86. The molecule has 8 nitrogen and oxygen atoms in total. The second kappa shape index (κ2) is 8.14. The molecule has 156 valence electrons. The van der Waals surface area contributed by atoms with E-state index in [0.717, 1.165) is 18.4 Å². The van der Waals surface area contributed by atoms with Crippen LogP contribution in [0.2, 0.25) is 0 Å². The van der Waals surface area contributed by atoms with Crippen LogP contribution in [0.1, 0.15) is 47.9 Å². The topological polar surface area (TPSA) is 98.2 Å². The Kier molecular flexibility index (Phi) is 5.03. The summed E-state index contributed by atoms with van der Waals surface area (Å²) in [4.78, 5) is 24.3. The van der Waals surface area contributed by atoms with Gasteiger partial charge in [-0.1, -0.05) is 59.7 Å². The molecule has 2 aromatic carbocycles. The Morgan fingerprint density at radius 3 is 2.65 bits per heavy atom. The lowest BCUT2D eigenvalue weighted by atomic mass is 10.1. The van der Waals surface area contributed by atoms with Gasteiger partial charge in [0.1, 0.15) is 6.04 Å². The van der Waals surface area contributed by atoms with Crippen LogP contribution >= 0.6 is 0 Å². The fourth-order valence-electron chi connectivity index (χ4n) is 3.86. The first-order valence-corrected chi connectivity index (χ1v) is 10.4. The monoisotopic (exact) mass is 415 g/mol. The summed E-state index contributed by atoms with van der Waals surface area (Å²) in [5.74, 6) is 1.81. The molecule has 0 spiro atoms. The summed E-state index contributed by atoms with van der Waals surface area (Å²) in [6, 6.07) is 16.6. The van der Waals surface area contributed by atoms with Gasteiger partial charge < -0.3 is 13.9 Å². The van der Waals surface area contributed by atoms with E-state index in [1.807, 2.05) is 55.5 Å². The number of hydrogen-bond acceptors (Lipinski definition) is 7. The van der Waals surface area contributed by atoms with Crippen LogP contribution in [-0.2, 0) is 6.42 Å². The van der Waals surface area contributed by atoms with Crippen molar-refractivity contribution in [3.8, 4) is 22.8 Å². The second-order valence-electron chi connectivity index (χ2n) is 7.39. The maximum atomic E-state index is 13.5. The van der Waals surface area contributed by atoms with Crippen molar-refractivity contribution in [2.24, 2.45) is 0 Å². The summed E-state index contributed by atoms with van der Waals surface area (Å²) in [6.45, 7) is 2.59. The number of carbonyl (C=O) groups is 1. The molecule has 2 aromatic heterocycles. The van der Waals surface area contributed by atoms with E-state index in [0.29, 0.717) is 47.5 Å². The van der Waals surface area contributed by atoms with E-state index in [-0.39, 0.29) is 11.9 Å². The van der Waals surface area contributed by atoms with Crippen molar-refractivity contribution in [3.05, 3.63) is 71.9 Å². The molecule has 0 unspecified atom stereocenters. The predicted molar refractivity (Wildman–Crippen MR) is 112 cm³/mol. The van der Waals surface area contributed by atoms with E-state index in [1.54, 1.807) is 11.0 Å². The van der Waals surface area contributed by atoms with Crippen LogP contribution in [0.5, 0.6) is 0 Å². The summed E-state index contributed by atoms with van der Waals surface area (Å²) < 4.78 is 10.9. The zero-order chi connectivity index (χ0) is 21.2. The molecule has 0 radical (unpaired) electrons. The molecule has 1 fully saturated rings. The minimum absolute atomic E-state index is 0.117. The molecule has 0 saturated carbocycles. The first-order valence-electron chi connectivity index (χ1n) is 10.4. The molecule has 0 aliphatic carbocycles. The molecule has 31 heavy (non-hydrogen) atoms. The van der Waals surface area contributed by atoms with Crippen LogP contribution < -0.4 is 0 Å². The summed E-state index contributed by atoms with van der Waals surface area (Å²) >= 11 is 0. The molecule has 0 N–H and O–H groups in total. The van der Waals surface area contributed by atoms with Crippen molar-refractivity contribution >= 4 is 5.91 Å². The number of hydrogen-bond donors (Lipinski definition) is 0. The summed E-state index contributed by atoms with van der Waals surface area (Å²) in [7, 11) is 0. The highest BCUT2D eigenvalue weighted by Gasteiger charge is 2.35. The van der Waals surface area contributed by atoms with Gasteiger partial charge in [-0.05, 0) is 25.0 Å². The largest absolute Gasteiger partial charge is 0.337 e. The van der Waals surface area contributed by atoms with E-state index in [2.05, 4.69) is 20.3 Å². The quantitative estimate of drug-likeness (QED) is 0.478. The maximum Gasteiger partial charge on any atom is 0.259 e. The van der Waals surface area contributed by atoms with E-state index < -0.39 is 0 Å². The lowest BCUT2D eigenvalue weighted by Gasteiger charge is -2.22. The molecule has 3 heterocycles. The number of carbonyl (C=O) groups excluding carboxylic acids is 1. The van der Waals surface area contributed by atoms with Gasteiger partial charge in [-0.15, -0.1) is 0 Å². The Morgan fingerprint density at radius 1 is 1.03 bits per heavy atom. The molecule has 5 rings (SSSR count). The van der Waals surface area contributed by atoms with E-state index in [1.165, 1.54) is 0 Å². The van der Waals surface area contributed by atoms with Crippen molar-refractivity contribution < 1.29 is 13.8 Å². The van der Waals surface area contributed by atoms with Gasteiger partial charge in [0.15, 0.2) is 5.82 Å². The Hall–Kier alpha value is -3.81. The molecular formula is C23H21N5O3. The van der Waals surface area contributed by atoms with Gasteiger partial charge in [-0.2, -0.15) is 9.97 Å². The standard InChI is InChI=1S/C23H21N5O3/c1-2-19-24-22(31-26-19)18-13-8-14-28(18)23(29)17-12-7-6-11-16(17)21-25-20(27-30-21)15-9-4-3-5-10-15/h3-7,9-12,18H,2,8,13-14H2,1H3/t18-/m0/s1. The lowest BCUT2D eigenvalue weighted by molar-refractivity contribution is 0.0710. The Bertz CT molecular complexity index is 1200. The average molecular weight is 415 g/mol. The minimum atomic E-state index is -0.226. The summed E-state index contributed by atoms with van der Waals surface area (Å²) in [5.41, 5.74) is 1.96. The highest BCUT2D eigenvalue weighted by atomic mass is 16.5. The first-order chi connectivity index (χ1) is 15.2. The highest BCUT2D eigenvalue weighted by Crippen LogP contribution is 2.34. The molecule has 8 heteroatoms. The van der Waals surface area contributed by atoms with Gasteiger partial charge >= 0.3 is 0 Å². The molecule has 1 amide bonds. The maximum absolute atomic E-state index is 13.5. The van der Waals surface area contributed by atoms with Crippen LogP contribution in [0.25, 0.3) is 22.8 Å².